The lowest BCUT2D eigenvalue weighted by Crippen LogP contribution is -2.38. The summed E-state index contributed by atoms with van der Waals surface area (Å²) in [5.41, 5.74) is 0. The molecule has 3 rings (SSSR count). The van der Waals surface area contributed by atoms with Gasteiger partial charge in [0, 0.05) is 12.6 Å². The van der Waals surface area contributed by atoms with E-state index in [1.165, 1.54) is 0 Å². The Kier molecular flexibility index (Phi) is 5.64. The van der Waals surface area contributed by atoms with Crippen molar-refractivity contribution >= 4 is 33.5 Å². The third-order valence-corrected chi connectivity index (χ3v) is 6.87. The van der Waals surface area contributed by atoms with Gasteiger partial charge in [0.15, 0.2) is 16.4 Å². The van der Waals surface area contributed by atoms with E-state index in [-0.39, 0.29) is 48.1 Å². The molecule has 3 unspecified atom stereocenters. The lowest BCUT2D eigenvalue weighted by molar-refractivity contribution is -0.150. The minimum Gasteiger partial charge on any atom is -0.456 e. The number of sulfone groups is 1. The van der Waals surface area contributed by atoms with Crippen LogP contribution in [0.1, 0.15) is 25.7 Å². The van der Waals surface area contributed by atoms with E-state index in [1.807, 2.05) is 12.2 Å². The first kappa shape index (κ1) is 19.5. The zero-order valence-corrected chi connectivity index (χ0v) is 15.6. The van der Waals surface area contributed by atoms with E-state index in [1.54, 1.807) is 0 Å². The number of hydrogen-bond acceptors (Lipinski definition) is 7. The maximum Gasteiger partial charge on any atom is 0.308 e. The summed E-state index contributed by atoms with van der Waals surface area (Å²) in [6.07, 6.45) is 5.00. The molecule has 1 aliphatic carbocycles. The fourth-order valence-electron chi connectivity index (χ4n) is 3.69. The molecule has 0 spiro atoms. The number of nitrogens with one attached hydrogen (secondary N) is 1. The second kappa shape index (κ2) is 7.79. The Morgan fingerprint density at radius 1 is 1.15 bits per heavy atom. The van der Waals surface area contributed by atoms with Gasteiger partial charge in [-0.25, -0.2) is 8.42 Å². The van der Waals surface area contributed by atoms with Crippen molar-refractivity contribution in [1.82, 2.24) is 10.2 Å². The van der Waals surface area contributed by atoms with Crippen LogP contribution in [0.15, 0.2) is 12.2 Å². The normalized spacial score (nSPS) is 28.9. The molecule has 0 bridgehead atoms. The number of imide groups is 1. The molecule has 148 valence electrons. The minimum atomic E-state index is -3.11. The van der Waals surface area contributed by atoms with Crippen LogP contribution in [0.3, 0.4) is 0 Å². The first-order chi connectivity index (χ1) is 12.8. The Morgan fingerprint density at radius 2 is 1.78 bits per heavy atom. The largest absolute Gasteiger partial charge is 0.456 e. The first-order valence-electron chi connectivity index (χ1n) is 8.92. The molecule has 2 heterocycles. The fraction of sp³-hybridized carbons (Fsp3) is 0.647. The number of nitrogens with zero attached hydrogens (tertiary/aromatic N) is 1. The van der Waals surface area contributed by atoms with Gasteiger partial charge < -0.3 is 10.1 Å². The monoisotopic (exact) mass is 398 g/mol. The summed E-state index contributed by atoms with van der Waals surface area (Å²) in [7, 11) is -3.11. The molecule has 2 fully saturated rings. The van der Waals surface area contributed by atoms with Gasteiger partial charge in [-0.15, -0.1) is 0 Å². The zero-order valence-electron chi connectivity index (χ0n) is 14.8. The van der Waals surface area contributed by atoms with Crippen LogP contribution in [-0.2, 0) is 33.8 Å². The molecule has 3 amide bonds. The number of hydrogen-bond donors (Lipinski definition) is 1. The molecule has 1 N–H and O–H groups in total. The lowest BCUT2D eigenvalue weighted by Gasteiger charge is -2.14. The van der Waals surface area contributed by atoms with Gasteiger partial charge in [0.1, 0.15) is 0 Å². The Morgan fingerprint density at radius 3 is 2.33 bits per heavy atom. The topological polar surface area (TPSA) is 127 Å². The van der Waals surface area contributed by atoms with Crippen LogP contribution in [0.4, 0.5) is 0 Å². The quantitative estimate of drug-likeness (QED) is 0.352. The molecule has 10 heteroatoms. The van der Waals surface area contributed by atoms with Crippen LogP contribution in [0.2, 0.25) is 0 Å². The Bertz CT molecular complexity index is 763. The fourth-order valence-corrected chi connectivity index (χ4v) is 5.36. The first-order valence-corrected chi connectivity index (χ1v) is 10.7. The number of rotatable bonds is 6. The number of esters is 1. The molecule has 2 saturated heterocycles. The summed E-state index contributed by atoms with van der Waals surface area (Å²) < 4.78 is 27.5. The second-order valence-electron chi connectivity index (χ2n) is 7.06. The number of carbonyl (C=O) groups is 4. The molecule has 27 heavy (non-hydrogen) atoms. The Labute approximate surface area is 157 Å². The summed E-state index contributed by atoms with van der Waals surface area (Å²) in [5, 5.41) is 2.51. The van der Waals surface area contributed by atoms with E-state index in [2.05, 4.69) is 5.32 Å². The standard InChI is InChI=1S/C17H22N2O7S/c20-14(18-11-6-8-27(24,25)10-11)9-26-15(21)5-7-19-16(22)12-3-1-2-4-13(12)17(19)23/h1-2,11-13H,3-10H2,(H,18,20). The maximum atomic E-state index is 12.3. The predicted molar refractivity (Wildman–Crippen MR) is 92.9 cm³/mol. The molecule has 3 aliphatic rings. The predicted octanol–water partition coefficient (Wildman–Crippen LogP) is -0.826. The number of carbonyl (C=O) groups excluding carboxylic acids is 4. The van der Waals surface area contributed by atoms with Gasteiger partial charge in [0.25, 0.3) is 5.91 Å². The maximum absolute atomic E-state index is 12.3. The van der Waals surface area contributed by atoms with Crippen molar-refractivity contribution in [1.29, 1.82) is 0 Å². The van der Waals surface area contributed by atoms with Crippen LogP contribution in [0.5, 0.6) is 0 Å². The zero-order chi connectivity index (χ0) is 19.6. The van der Waals surface area contributed by atoms with Crippen molar-refractivity contribution in [3.05, 3.63) is 12.2 Å². The number of likely N-dealkylation sites (tertiary alicyclic amines) is 1. The number of allylic oxidation sites excluding steroid dienone is 2. The third-order valence-electron chi connectivity index (χ3n) is 5.10. The van der Waals surface area contributed by atoms with Gasteiger partial charge in [-0.1, -0.05) is 12.2 Å². The highest BCUT2D eigenvalue weighted by molar-refractivity contribution is 7.91. The summed E-state index contributed by atoms with van der Waals surface area (Å²) in [6.45, 7) is -0.585. The highest BCUT2D eigenvalue weighted by Crippen LogP contribution is 2.34. The smallest absolute Gasteiger partial charge is 0.308 e. The molecule has 3 atom stereocenters. The molecule has 2 aliphatic heterocycles. The van der Waals surface area contributed by atoms with E-state index < -0.39 is 34.4 Å². The van der Waals surface area contributed by atoms with Crippen LogP contribution in [0.25, 0.3) is 0 Å². The van der Waals surface area contributed by atoms with E-state index >= 15 is 0 Å². The second-order valence-corrected chi connectivity index (χ2v) is 9.29. The third kappa shape index (κ3) is 4.55. The molecule has 0 aromatic heterocycles. The van der Waals surface area contributed by atoms with E-state index in [0.717, 1.165) is 4.90 Å². The van der Waals surface area contributed by atoms with Crippen LogP contribution < -0.4 is 5.32 Å². The summed E-state index contributed by atoms with van der Waals surface area (Å²) in [5.74, 6) is -2.55. The molecule has 9 nitrogen and oxygen atoms in total. The molecular weight excluding hydrogens is 376 g/mol. The van der Waals surface area contributed by atoms with Crippen LogP contribution in [-0.4, -0.2) is 67.7 Å². The van der Waals surface area contributed by atoms with Crippen LogP contribution >= 0.6 is 0 Å². The summed E-state index contributed by atoms with van der Waals surface area (Å²) >= 11 is 0. The van der Waals surface area contributed by atoms with Gasteiger partial charge in [-0.2, -0.15) is 0 Å². The van der Waals surface area contributed by atoms with Gasteiger partial charge in [0.05, 0.1) is 29.8 Å². The van der Waals surface area contributed by atoms with E-state index in [9.17, 15) is 27.6 Å². The van der Waals surface area contributed by atoms with Gasteiger partial charge in [-0.05, 0) is 19.3 Å². The Balaban J connectivity index is 1.39. The van der Waals surface area contributed by atoms with Gasteiger partial charge >= 0.3 is 5.97 Å². The average molecular weight is 398 g/mol. The van der Waals surface area contributed by atoms with Gasteiger partial charge in [0.2, 0.25) is 11.8 Å². The summed E-state index contributed by atoms with van der Waals surface area (Å²) in [6, 6.07) is -0.460. The molecule has 0 saturated carbocycles. The van der Waals surface area contributed by atoms with E-state index in [0.29, 0.717) is 19.3 Å². The minimum absolute atomic E-state index is 0.0349. The average Bonchev–Trinajstić information content (AvgIpc) is 3.09. The van der Waals surface area contributed by atoms with Crippen molar-refractivity contribution in [2.45, 2.75) is 31.7 Å². The molecule has 0 radical (unpaired) electrons. The van der Waals surface area contributed by atoms with Gasteiger partial charge in [-0.3, -0.25) is 24.1 Å². The Hall–Kier alpha value is -2.23. The molecular formula is C17H22N2O7S. The van der Waals surface area contributed by atoms with Crippen molar-refractivity contribution in [3.8, 4) is 0 Å². The molecule has 0 aromatic carbocycles. The number of ether oxygens (including phenoxy) is 1. The lowest BCUT2D eigenvalue weighted by atomic mass is 9.85. The number of amides is 3. The SMILES string of the molecule is O=C(COC(=O)CCN1C(=O)C2CC=CCC2C1=O)NC1CCS(=O)(=O)C1. The highest BCUT2D eigenvalue weighted by Gasteiger charge is 2.46. The molecule has 0 aromatic rings. The highest BCUT2D eigenvalue weighted by atomic mass is 32.2. The van der Waals surface area contributed by atoms with Crippen molar-refractivity contribution in [2.75, 3.05) is 24.7 Å². The van der Waals surface area contributed by atoms with E-state index in [4.69, 9.17) is 4.74 Å². The summed E-state index contributed by atoms with van der Waals surface area (Å²) in [4.78, 5) is 49.2. The van der Waals surface area contributed by atoms with Crippen LogP contribution in [0, 0.1) is 11.8 Å². The van der Waals surface area contributed by atoms with Crippen molar-refractivity contribution in [3.63, 3.8) is 0 Å². The number of fused-ring (bicyclic) bond motifs is 1. The van der Waals surface area contributed by atoms with Crippen molar-refractivity contribution in [2.24, 2.45) is 11.8 Å². The van der Waals surface area contributed by atoms with Crippen molar-refractivity contribution < 1.29 is 32.3 Å².